The van der Waals surface area contributed by atoms with Crippen LogP contribution in [0.3, 0.4) is 0 Å². The smallest absolute Gasteiger partial charge is 0.311 e. The number of esters is 2. The van der Waals surface area contributed by atoms with Crippen LogP contribution in [0, 0.1) is 11.8 Å². The van der Waals surface area contributed by atoms with Crippen molar-refractivity contribution >= 4 is 17.7 Å². The maximum Gasteiger partial charge on any atom is 0.311 e. The maximum atomic E-state index is 13.3. The van der Waals surface area contributed by atoms with Crippen molar-refractivity contribution in [3.63, 3.8) is 0 Å². The summed E-state index contributed by atoms with van der Waals surface area (Å²) in [6.45, 7) is 7.87. The molecule has 3 aliphatic heterocycles. The number of ether oxygens (including phenoxy) is 3. The third kappa shape index (κ3) is 6.54. The van der Waals surface area contributed by atoms with Gasteiger partial charge in [0.15, 0.2) is 23.4 Å². The minimum absolute atomic E-state index is 0.0162. The molecule has 0 radical (unpaired) electrons. The number of piperidine rings is 2. The zero-order valence-corrected chi connectivity index (χ0v) is 35.0. The van der Waals surface area contributed by atoms with Crippen molar-refractivity contribution in [3.8, 4) is 17.2 Å². The predicted molar refractivity (Wildman–Crippen MR) is 225 cm³/mol. The molecule has 2 aromatic rings. The lowest BCUT2D eigenvalue weighted by Crippen LogP contribution is -2.76. The Balaban J connectivity index is 0.677. The van der Waals surface area contributed by atoms with Gasteiger partial charge in [-0.25, -0.2) is 0 Å². The van der Waals surface area contributed by atoms with Crippen molar-refractivity contribution in [2.45, 2.75) is 169 Å². The van der Waals surface area contributed by atoms with Crippen molar-refractivity contribution in [3.05, 3.63) is 65.2 Å². The molecule has 9 nitrogen and oxygen atoms in total. The lowest BCUT2D eigenvalue weighted by atomic mass is 9.49. The van der Waals surface area contributed by atoms with Crippen LogP contribution < -0.4 is 14.2 Å². The Bertz CT molecular complexity index is 1990. The number of hydrogen-bond donors (Lipinski definition) is 1. The van der Waals surface area contributed by atoms with E-state index in [9.17, 15) is 19.5 Å². The fraction of sp³-hybridized carbons (Fsp3) is 0.660. The van der Waals surface area contributed by atoms with Gasteiger partial charge in [-0.1, -0.05) is 63.2 Å². The van der Waals surface area contributed by atoms with E-state index in [0.29, 0.717) is 62.6 Å². The summed E-state index contributed by atoms with van der Waals surface area (Å²) >= 11 is 0. The molecule has 1 unspecified atom stereocenters. The quantitative estimate of drug-likeness (QED) is 0.0828. The topological polar surface area (TPSA) is 106 Å². The van der Waals surface area contributed by atoms with Gasteiger partial charge in [-0.15, -0.1) is 6.58 Å². The van der Waals surface area contributed by atoms with Crippen LogP contribution in [0.15, 0.2) is 43.0 Å². The van der Waals surface area contributed by atoms with E-state index in [2.05, 4.69) is 28.5 Å². The number of nitrogens with zero attached hydrogens (tertiary/aromatic N) is 2. The number of aliphatic hydroxyl groups is 1. The average molecular weight is 805 g/mol. The highest BCUT2D eigenvalue weighted by atomic mass is 16.6. The van der Waals surface area contributed by atoms with E-state index in [0.717, 1.165) is 73.8 Å². The molecule has 0 amide bonds. The number of rotatable bonds is 15. The number of carbonyl (C=O) groups is 3. The summed E-state index contributed by atoms with van der Waals surface area (Å²) in [6.07, 6.45) is 21.0. The van der Waals surface area contributed by atoms with Crippen LogP contribution in [-0.2, 0) is 38.1 Å². The van der Waals surface area contributed by atoms with Gasteiger partial charge < -0.3 is 19.3 Å². The van der Waals surface area contributed by atoms with E-state index in [-0.39, 0.29) is 35.6 Å². The molecule has 0 aromatic heterocycles. The number of carbonyl (C=O) groups excluding carboxylic acids is 3. The van der Waals surface area contributed by atoms with Gasteiger partial charge in [-0.3, -0.25) is 24.2 Å². The molecule has 59 heavy (non-hydrogen) atoms. The summed E-state index contributed by atoms with van der Waals surface area (Å²) in [7, 11) is 0. The molecule has 7 atom stereocenters. The van der Waals surface area contributed by atoms with Crippen LogP contribution in [0.1, 0.15) is 144 Å². The lowest BCUT2D eigenvalue weighted by Gasteiger charge is -2.62. The second-order valence-corrected chi connectivity index (χ2v) is 19.8. The van der Waals surface area contributed by atoms with Crippen LogP contribution in [0.2, 0.25) is 0 Å². The molecule has 10 rings (SSSR count). The first-order valence-electron chi connectivity index (χ1n) is 23.5. The van der Waals surface area contributed by atoms with Gasteiger partial charge in [0.1, 0.15) is 5.75 Å². The Hall–Kier alpha value is -3.53. The first kappa shape index (κ1) is 39.6. The number of fused-ring (bicyclic) bond motifs is 1. The fourth-order valence-corrected chi connectivity index (χ4v) is 13.8. The van der Waals surface area contributed by atoms with Gasteiger partial charge in [0.25, 0.3) is 0 Å². The van der Waals surface area contributed by atoms with Crippen LogP contribution in [0.25, 0.3) is 0 Å². The zero-order chi connectivity index (χ0) is 40.4. The number of ketones is 1. The lowest BCUT2D eigenvalue weighted by molar-refractivity contribution is -0.187. The summed E-state index contributed by atoms with van der Waals surface area (Å²) in [5.41, 5.74) is 3.26. The minimum Gasteiger partial charge on any atom is -0.477 e. The van der Waals surface area contributed by atoms with Crippen molar-refractivity contribution in [1.29, 1.82) is 0 Å². The number of likely N-dealkylation sites (tertiary alicyclic amines) is 2. The van der Waals surface area contributed by atoms with Gasteiger partial charge in [0.05, 0.1) is 11.0 Å². The minimum atomic E-state index is -1.09. The number of hydrogen-bond acceptors (Lipinski definition) is 9. The van der Waals surface area contributed by atoms with E-state index in [4.69, 9.17) is 14.2 Å². The van der Waals surface area contributed by atoms with E-state index < -0.39 is 17.1 Å². The Morgan fingerprint density at radius 1 is 0.847 bits per heavy atom. The number of benzene rings is 2. The molecule has 3 saturated carbocycles. The molecular weight excluding hydrogens is 741 g/mol. The van der Waals surface area contributed by atoms with Crippen molar-refractivity contribution in [2.24, 2.45) is 11.8 Å². The molecule has 316 valence electrons. The van der Waals surface area contributed by atoms with Gasteiger partial charge in [-0.2, -0.15) is 0 Å². The van der Waals surface area contributed by atoms with Crippen LogP contribution >= 0.6 is 0 Å². The van der Waals surface area contributed by atoms with Crippen LogP contribution in [0.4, 0.5) is 0 Å². The van der Waals surface area contributed by atoms with Crippen molar-refractivity contribution in [1.82, 2.24) is 9.80 Å². The average Bonchev–Trinajstić information content (AvgIpc) is 3.58. The molecule has 1 N–H and O–H groups in total. The normalized spacial score (nSPS) is 32.9. The zero-order valence-electron chi connectivity index (χ0n) is 35.0. The van der Waals surface area contributed by atoms with E-state index in [1.54, 1.807) is 6.07 Å². The Kier molecular flexibility index (Phi) is 10.6. The first-order valence-corrected chi connectivity index (χ1v) is 23.5. The molecule has 9 heteroatoms. The van der Waals surface area contributed by atoms with Crippen molar-refractivity contribution in [2.75, 3.05) is 26.2 Å². The fourth-order valence-electron chi connectivity index (χ4n) is 13.8. The summed E-state index contributed by atoms with van der Waals surface area (Å²) in [5.74, 6) is 2.74. The van der Waals surface area contributed by atoms with Gasteiger partial charge >= 0.3 is 11.9 Å². The highest BCUT2D eigenvalue weighted by molar-refractivity contribution is 5.90. The molecule has 3 heterocycles. The van der Waals surface area contributed by atoms with Gasteiger partial charge in [0, 0.05) is 62.0 Å². The molecule has 5 fully saturated rings. The Morgan fingerprint density at radius 2 is 1.61 bits per heavy atom. The summed E-state index contributed by atoms with van der Waals surface area (Å²) in [5, 5.41) is 12.4. The van der Waals surface area contributed by atoms with Crippen LogP contribution in [-0.4, -0.2) is 82.6 Å². The summed E-state index contributed by atoms with van der Waals surface area (Å²) in [6, 6.07) is 10.9. The summed E-state index contributed by atoms with van der Waals surface area (Å²) in [4.78, 5) is 44.6. The second kappa shape index (κ2) is 15.7. The van der Waals surface area contributed by atoms with E-state index in [1.807, 2.05) is 18.2 Å². The standard InChI is InChI=1S/C50H64N2O7/c1-2-26-51-28-25-49-45-35-18-20-41(46(45)59-47(49)40(53)21-23-50(49,56)42(51)30-35)58-44(55)16-8-6-4-3-5-7-15-43(54)57-36-19-17-34-29-39-37-14-9-10-22-48(37,38(34)31-36)24-27-52(39)32-33-12-11-13-33/h2,17-20,31,33,37,39,42,47,56H,1,3-16,21-30,32H2/t37?,39-,42-,47+,48-,49+,50-/m1/s1. The third-order valence-electron chi connectivity index (χ3n) is 16.8. The highest BCUT2D eigenvalue weighted by Gasteiger charge is 2.73. The Labute approximate surface area is 350 Å². The van der Waals surface area contributed by atoms with Gasteiger partial charge in [0.2, 0.25) is 0 Å². The van der Waals surface area contributed by atoms with Gasteiger partial charge in [-0.05, 0) is 124 Å². The predicted octanol–water partition coefficient (Wildman–Crippen LogP) is 8.09. The van der Waals surface area contributed by atoms with Crippen molar-refractivity contribution < 1.29 is 33.7 Å². The number of Topliss-reactive ketones (excluding diaryl/α,β-unsaturated/α-hetero) is 1. The number of unbranched alkanes of at least 4 members (excludes halogenated alkanes) is 5. The summed E-state index contributed by atoms with van der Waals surface area (Å²) < 4.78 is 18.3. The highest BCUT2D eigenvalue weighted by Crippen LogP contribution is 2.65. The molecule has 1 spiro atoms. The molecule has 5 aliphatic carbocycles. The molecular formula is C50H64N2O7. The first-order chi connectivity index (χ1) is 28.7. The molecule has 8 aliphatic rings. The maximum absolute atomic E-state index is 13.3. The molecule has 2 saturated heterocycles. The molecule has 2 aromatic carbocycles. The molecule has 4 bridgehead atoms. The van der Waals surface area contributed by atoms with Crippen LogP contribution in [0.5, 0.6) is 17.2 Å². The third-order valence-corrected chi connectivity index (χ3v) is 16.8. The van der Waals surface area contributed by atoms with E-state index in [1.165, 1.54) is 75.6 Å². The largest absolute Gasteiger partial charge is 0.477 e. The van der Waals surface area contributed by atoms with E-state index >= 15 is 0 Å². The monoisotopic (exact) mass is 804 g/mol. The SMILES string of the molecule is C=CCN1CC[C@]23c4c5ccc(OC(=O)CCCCCCCCC(=O)Oc6ccc7c(c6)[C@@]68CCCCC6[C@@H](C7)N(CC6CCC6)CC8)c4O[C@H]2C(=O)CC[C@@]3(O)[C@H]1C5. The Morgan fingerprint density at radius 3 is 2.39 bits per heavy atom. The second-order valence-electron chi connectivity index (χ2n) is 19.8.